The monoisotopic (exact) mass is 313 g/mol. The van der Waals surface area contributed by atoms with Crippen molar-refractivity contribution >= 4 is 34.9 Å². The van der Waals surface area contributed by atoms with Gasteiger partial charge in [0.2, 0.25) is 0 Å². The Hall–Kier alpha value is -1.06. The van der Waals surface area contributed by atoms with Crippen LogP contribution in [0.15, 0.2) is 18.2 Å². The minimum Gasteiger partial charge on any atom is -0.335 e. The Balaban J connectivity index is 2.22. The number of amides is 1. The topological polar surface area (TPSA) is 37.4 Å². The number of piperidine rings is 1. The molecule has 3 nitrogen and oxygen atoms in total. The number of benzene rings is 1. The highest BCUT2D eigenvalue weighted by molar-refractivity contribution is 6.35. The van der Waals surface area contributed by atoms with Crippen molar-refractivity contribution in [3.05, 3.63) is 33.8 Å². The van der Waals surface area contributed by atoms with Gasteiger partial charge in [0.25, 0.3) is 5.91 Å². The van der Waals surface area contributed by atoms with Crippen LogP contribution in [0.2, 0.25) is 10.0 Å². The molecule has 0 aromatic heterocycles. The van der Waals surface area contributed by atoms with Gasteiger partial charge >= 0.3 is 0 Å². The van der Waals surface area contributed by atoms with E-state index in [1.165, 1.54) is 0 Å². The van der Waals surface area contributed by atoms with E-state index in [-0.39, 0.29) is 17.7 Å². The van der Waals surface area contributed by atoms with Crippen LogP contribution in [0.25, 0.3) is 0 Å². The summed E-state index contributed by atoms with van der Waals surface area (Å²) in [7, 11) is 0. The van der Waals surface area contributed by atoms with E-state index in [0.717, 1.165) is 19.3 Å². The van der Waals surface area contributed by atoms with Crippen molar-refractivity contribution < 1.29 is 9.59 Å². The molecule has 1 unspecified atom stereocenters. The molecule has 1 aliphatic rings. The Labute approximate surface area is 128 Å². The lowest BCUT2D eigenvalue weighted by Crippen LogP contribution is -2.44. The average molecular weight is 314 g/mol. The second kappa shape index (κ2) is 6.59. The van der Waals surface area contributed by atoms with Crippen molar-refractivity contribution in [1.29, 1.82) is 0 Å². The van der Waals surface area contributed by atoms with E-state index in [4.69, 9.17) is 23.2 Å². The molecule has 20 heavy (non-hydrogen) atoms. The summed E-state index contributed by atoms with van der Waals surface area (Å²) in [4.78, 5) is 25.7. The number of ketones is 1. The van der Waals surface area contributed by atoms with Crippen molar-refractivity contribution in [2.24, 2.45) is 0 Å². The molecule has 5 heteroatoms. The van der Waals surface area contributed by atoms with Crippen LogP contribution < -0.4 is 0 Å². The SMILES string of the molecule is CC(=O)CC1CCCCN1C(=O)c1cc(Cl)cc(Cl)c1. The molecule has 1 fully saturated rings. The maximum Gasteiger partial charge on any atom is 0.254 e. The summed E-state index contributed by atoms with van der Waals surface area (Å²) in [6.07, 6.45) is 3.31. The van der Waals surface area contributed by atoms with Crippen molar-refractivity contribution in [3.8, 4) is 0 Å². The van der Waals surface area contributed by atoms with Crippen molar-refractivity contribution in [2.75, 3.05) is 6.54 Å². The number of rotatable bonds is 3. The van der Waals surface area contributed by atoms with Crippen molar-refractivity contribution in [3.63, 3.8) is 0 Å². The van der Waals surface area contributed by atoms with Gasteiger partial charge in [0.05, 0.1) is 0 Å². The summed E-state index contributed by atoms with van der Waals surface area (Å²) >= 11 is 11.9. The highest BCUT2D eigenvalue weighted by Crippen LogP contribution is 2.25. The molecule has 0 N–H and O–H groups in total. The third-order valence-corrected chi connectivity index (χ3v) is 3.96. The average Bonchev–Trinajstić information content (AvgIpc) is 2.36. The molecule has 1 aromatic carbocycles. The molecule has 0 spiro atoms. The summed E-state index contributed by atoms with van der Waals surface area (Å²) in [5.74, 6) is 0.0131. The number of halogens is 2. The molecule has 1 heterocycles. The maximum atomic E-state index is 12.6. The Morgan fingerprint density at radius 2 is 1.85 bits per heavy atom. The summed E-state index contributed by atoms with van der Waals surface area (Å²) in [5, 5.41) is 0.891. The summed E-state index contributed by atoms with van der Waals surface area (Å²) in [6, 6.07) is 4.83. The molecular weight excluding hydrogens is 297 g/mol. The lowest BCUT2D eigenvalue weighted by atomic mass is 9.97. The van der Waals surface area contributed by atoms with Crippen LogP contribution in [0.5, 0.6) is 0 Å². The number of carbonyl (C=O) groups excluding carboxylic acids is 2. The van der Waals surface area contributed by atoms with Gasteiger partial charge in [0, 0.05) is 34.6 Å². The van der Waals surface area contributed by atoms with Gasteiger partial charge < -0.3 is 4.90 Å². The fraction of sp³-hybridized carbons (Fsp3) is 0.467. The zero-order valence-electron chi connectivity index (χ0n) is 11.4. The Bertz CT molecular complexity index is 510. The summed E-state index contributed by atoms with van der Waals surface area (Å²) in [5.41, 5.74) is 0.484. The zero-order chi connectivity index (χ0) is 14.7. The molecule has 0 saturated carbocycles. The van der Waals surface area contributed by atoms with Gasteiger partial charge in [-0.05, 0) is 44.4 Å². The third-order valence-electron chi connectivity index (χ3n) is 3.52. The molecule has 1 aromatic rings. The molecule has 1 saturated heterocycles. The molecule has 2 rings (SSSR count). The second-order valence-electron chi connectivity index (χ2n) is 5.21. The molecular formula is C15H17Cl2NO2. The Morgan fingerprint density at radius 3 is 2.45 bits per heavy atom. The zero-order valence-corrected chi connectivity index (χ0v) is 12.9. The van der Waals surface area contributed by atoms with E-state index < -0.39 is 0 Å². The van der Waals surface area contributed by atoms with E-state index in [2.05, 4.69) is 0 Å². The molecule has 0 aliphatic carbocycles. The van der Waals surface area contributed by atoms with Crippen LogP contribution >= 0.6 is 23.2 Å². The van der Waals surface area contributed by atoms with Crippen LogP contribution in [0, 0.1) is 0 Å². The van der Waals surface area contributed by atoms with Gasteiger partial charge in [0.15, 0.2) is 0 Å². The smallest absolute Gasteiger partial charge is 0.254 e. The van der Waals surface area contributed by atoms with Crippen LogP contribution in [0.4, 0.5) is 0 Å². The van der Waals surface area contributed by atoms with E-state index in [0.29, 0.717) is 28.6 Å². The number of nitrogens with zero attached hydrogens (tertiary/aromatic N) is 1. The minimum absolute atomic E-state index is 0.00786. The van der Waals surface area contributed by atoms with E-state index in [9.17, 15) is 9.59 Å². The lowest BCUT2D eigenvalue weighted by Gasteiger charge is -2.35. The summed E-state index contributed by atoms with van der Waals surface area (Å²) in [6.45, 7) is 2.24. The molecule has 0 bridgehead atoms. The number of hydrogen-bond donors (Lipinski definition) is 0. The van der Waals surface area contributed by atoms with Crippen LogP contribution in [-0.4, -0.2) is 29.2 Å². The Morgan fingerprint density at radius 1 is 1.20 bits per heavy atom. The highest BCUT2D eigenvalue weighted by Gasteiger charge is 2.28. The molecule has 1 amide bonds. The van der Waals surface area contributed by atoms with E-state index >= 15 is 0 Å². The fourth-order valence-electron chi connectivity index (χ4n) is 2.66. The molecule has 1 atom stereocenters. The molecule has 1 aliphatic heterocycles. The maximum absolute atomic E-state index is 12.6. The normalized spacial score (nSPS) is 18.9. The highest BCUT2D eigenvalue weighted by atomic mass is 35.5. The first-order valence-corrected chi connectivity index (χ1v) is 7.49. The minimum atomic E-state index is -0.0969. The first-order valence-electron chi connectivity index (χ1n) is 6.74. The second-order valence-corrected chi connectivity index (χ2v) is 6.09. The number of hydrogen-bond acceptors (Lipinski definition) is 2. The molecule has 0 radical (unpaired) electrons. The van der Waals surface area contributed by atoms with Gasteiger partial charge in [-0.1, -0.05) is 23.2 Å². The predicted octanol–water partition coefficient (Wildman–Crippen LogP) is 3.97. The molecule has 108 valence electrons. The number of likely N-dealkylation sites (tertiary alicyclic amines) is 1. The van der Waals surface area contributed by atoms with Crippen molar-refractivity contribution in [1.82, 2.24) is 4.90 Å². The Kier molecular flexibility index (Phi) is 5.06. The first kappa shape index (κ1) is 15.3. The van der Waals surface area contributed by atoms with Gasteiger partial charge in [-0.25, -0.2) is 0 Å². The fourth-order valence-corrected chi connectivity index (χ4v) is 3.18. The number of carbonyl (C=O) groups is 2. The third kappa shape index (κ3) is 3.74. The quantitative estimate of drug-likeness (QED) is 0.846. The van der Waals surface area contributed by atoms with Gasteiger partial charge in [-0.2, -0.15) is 0 Å². The van der Waals surface area contributed by atoms with Crippen LogP contribution in [-0.2, 0) is 4.79 Å². The number of Topliss-reactive ketones (excluding diaryl/α,β-unsaturated/α-hetero) is 1. The van der Waals surface area contributed by atoms with Gasteiger partial charge in [-0.3, -0.25) is 9.59 Å². The summed E-state index contributed by atoms with van der Waals surface area (Å²) < 4.78 is 0. The van der Waals surface area contributed by atoms with Crippen LogP contribution in [0.3, 0.4) is 0 Å². The largest absolute Gasteiger partial charge is 0.335 e. The first-order chi connectivity index (χ1) is 9.47. The van der Waals surface area contributed by atoms with Gasteiger partial charge in [-0.15, -0.1) is 0 Å². The van der Waals surface area contributed by atoms with Crippen LogP contribution in [0.1, 0.15) is 43.0 Å². The predicted molar refractivity (Wildman–Crippen MR) is 80.4 cm³/mol. The van der Waals surface area contributed by atoms with Crippen molar-refractivity contribution in [2.45, 2.75) is 38.6 Å². The van der Waals surface area contributed by atoms with E-state index in [1.54, 1.807) is 30.0 Å². The lowest BCUT2D eigenvalue weighted by molar-refractivity contribution is -0.118. The standard InChI is InChI=1S/C15H17Cl2NO2/c1-10(19)6-14-4-2-3-5-18(14)15(20)11-7-12(16)9-13(17)8-11/h7-9,14H,2-6H2,1H3. The van der Waals surface area contributed by atoms with Gasteiger partial charge in [0.1, 0.15) is 5.78 Å². The van der Waals surface area contributed by atoms with E-state index in [1.807, 2.05) is 0 Å².